The van der Waals surface area contributed by atoms with Crippen LogP contribution in [0.15, 0.2) is 24.3 Å². The minimum absolute atomic E-state index is 0.0254. The van der Waals surface area contributed by atoms with E-state index in [1.54, 1.807) is 24.3 Å². The molecule has 0 bridgehead atoms. The molecular formula is C13H16ClN3OS. The van der Waals surface area contributed by atoms with Gasteiger partial charge in [-0.25, -0.2) is 0 Å². The molecule has 0 aliphatic carbocycles. The summed E-state index contributed by atoms with van der Waals surface area (Å²) >= 11 is 10.8. The molecule has 1 amide bonds. The molecule has 0 atom stereocenters. The Labute approximate surface area is 123 Å². The number of halogens is 1. The van der Waals surface area contributed by atoms with E-state index in [0.29, 0.717) is 35.2 Å². The van der Waals surface area contributed by atoms with Gasteiger partial charge < -0.3 is 10.6 Å². The third-order valence-corrected chi connectivity index (χ3v) is 3.47. The van der Waals surface area contributed by atoms with Crippen LogP contribution in [0.25, 0.3) is 0 Å². The lowest BCUT2D eigenvalue weighted by molar-refractivity contribution is 0.0654. The predicted molar refractivity (Wildman–Crippen MR) is 80.6 cm³/mol. The van der Waals surface area contributed by atoms with Crippen molar-refractivity contribution in [3.63, 3.8) is 0 Å². The fourth-order valence-electron chi connectivity index (χ4n) is 2.13. The van der Waals surface area contributed by atoms with Gasteiger partial charge in [0.15, 0.2) is 0 Å². The Morgan fingerprint density at radius 1 is 1.32 bits per heavy atom. The third kappa shape index (κ3) is 3.89. The molecule has 1 saturated heterocycles. The van der Waals surface area contributed by atoms with Crippen LogP contribution in [-0.2, 0) is 0 Å². The van der Waals surface area contributed by atoms with E-state index in [9.17, 15) is 4.79 Å². The number of nitrogens with zero attached hydrogens (tertiary/aromatic N) is 2. The highest BCUT2D eigenvalue weighted by Gasteiger charge is 2.22. The number of piperazine rings is 1. The highest BCUT2D eigenvalue weighted by molar-refractivity contribution is 7.80. The van der Waals surface area contributed by atoms with Gasteiger partial charge in [-0.15, -0.1) is 0 Å². The summed E-state index contributed by atoms with van der Waals surface area (Å²) in [6, 6.07) is 7.04. The Morgan fingerprint density at radius 2 is 2.00 bits per heavy atom. The van der Waals surface area contributed by atoms with Crippen LogP contribution in [0.1, 0.15) is 10.4 Å². The summed E-state index contributed by atoms with van der Waals surface area (Å²) < 4.78 is 0. The molecule has 19 heavy (non-hydrogen) atoms. The normalized spacial score (nSPS) is 16.4. The second-order valence-corrected chi connectivity index (χ2v) is 5.51. The van der Waals surface area contributed by atoms with E-state index in [1.165, 1.54) is 0 Å². The van der Waals surface area contributed by atoms with Gasteiger partial charge in [-0.3, -0.25) is 9.69 Å². The minimum atomic E-state index is 0.0254. The van der Waals surface area contributed by atoms with E-state index >= 15 is 0 Å². The number of carbonyl (C=O) groups excluding carboxylic acids is 1. The monoisotopic (exact) mass is 297 g/mol. The fraction of sp³-hybridized carbons (Fsp3) is 0.385. The molecule has 0 unspecified atom stereocenters. The summed E-state index contributed by atoms with van der Waals surface area (Å²) in [5.74, 6) is 0.0254. The summed E-state index contributed by atoms with van der Waals surface area (Å²) in [6.45, 7) is 3.59. The smallest absolute Gasteiger partial charge is 0.253 e. The van der Waals surface area contributed by atoms with Crippen LogP contribution in [0, 0.1) is 0 Å². The van der Waals surface area contributed by atoms with Gasteiger partial charge >= 0.3 is 0 Å². The summed E-state index contributed by atoms with van der Waals surface area (Å²) in [6.07, 6.45) is 0. The Balaban J connectivity index is 1.94. The molecule has 0 saturated carbocycles. The molecular weight excluding hydrogens is 282 g/mol. The number of thiocarbonyl (C=S) groups is 1. The summed E-state index contributed by atoms with van der Waals surface area (Å²) in [5.41, 5.74) is 6.15. The third-order valence-electron chi connectivity index (χ3n) is 3.11. The molecule has 1 aromatic rings. The fourth-order valence-corrected chi connectivity index (χ4v) is 2.51. The maximum Gasteiger partial charge on any atom is 0.253 e. The zero-order valence-corrected chi connectivity index (χ0v) is 12.1. The van der Waals surface area contributed by atoms with Crippen LogP contribution in [0.2, 0.25) is 5.02 Å². The zero-order valence-electron chi connectivity index (χ0n) is 10.5. The molecule has 4 nitrogen and oxygen atoms in total. The van der Waals surface area contributed by atoms with Crippen LogP contribution < -0.4 is 5.73 Å². The molecule has 1 fully saturated rings. The van der Waals surface area contributed by atoms with Crippen molar-refractivity contribution in [3.05, 3.63) is 34.9 Å². The zero-order chi connectivity index (χ0) is 13.8. The van der Waals surface area contributed by atoms with Crippen molar-refractivity contribution in [3.8, 4) is 0 Å². The van der Waals surface area contributed by atoms with Crippen molar-refractivity contribution in [2.45, 2.75) is 0 Å². The summed E-state index contributed by atoms with van der Waals surface area (Å²) in [5, 5.41) is 0.581. The quantitative estimate of drug-likeness (QED) is 0.857. The molecule has 1 heterocycles. The average molecular weight is 298 g/mol. The maximum atomic E-state index is 12.3. The van der Waals surface area contributed by atoms with E-state index in [1.807, 2.05) is 4.90 Å². The predicted octanol–water partition coefficient (Wildman–Crippen LogP) is 1.38. The maximum absolute atomic E-state index is 12.3. The Hall–Kier alpha value is -1.17. The lowest BCUT2D eigenvalue weighted by atomic mass is 10.2. The number of hydrogen-bond donors (Lipinski definition) is 1. The molecule has 1 aliphatic heterocycles. The molecule has 102 valence electrons. The van der Waals surface area contributed by atoms with Gasteiger partial charge in [0.1, 0.15) is 0 Å². The largest absolute Gasteiger partial charge is 0.392 e. The standard InChI is InChI=1S/C13H16ClN3OS/c14-11-3-1-2-10(8-11)13(18)17-6-4-16(5-7-17)9-12(15)19/h1-3,8H,4-7,9H2,(H2,15,19). The van der Waals surface area contributed by atoms with Crippen molar-refractivity contribution < 1.29 is 4.79 Å². The van der Waals surface area contributed by atoms with Crippen molar-refractivity contribution in [2.24, 2.45) is 5.73 Å². The van der Waals surface area contributed by atoms with Crippen LogP contribution in [-0.4, -0.2) is 53.4 Å². The van der Waals surface area contributed by atoms with Gasteiger partial charge in [0, 0.05) is 43.3 Å². The SMILES string of the molecule is NC(=S)CN1CCN(C(=O)c2cccc(Cl)c2)CC1. The van der Waals surface area contributed by atoms with Crippen molar-refractivity contribution in [2.75, 3.05) is 32.7 Å². The van der Waals surface area contributed by atoms with Crippen LogP contribution in [0.3, 0.4) is 0 Å². The Morgan fingerprint density at radius 3 is 2.58 bits per heavy atom. The summed E-state index contributed by atoms with van der Waals surface area (Å²) in [4.78, 5) is 16.8. The van der Waals surface area contributed by atoms with Crippen molar-refractivity contribution >= 4 is 34.7 Å². The first-order valence-corrected chi connectivity index (χ1v) is 6.90. The van der Waals surface area contributed by atoms with E-state index in [0.717, 1.165) is 13.1 Å². The first-order valence-electron chi connectivity index (χ1n) is 6.12. The van der Waals surface area contributed by atoms with E-state index in [-0.39, 0.29) is 5.91 Å². The number of benzene rings is 1. The number of amides is 1. The van der Waals surface area contributed by atoms with Crippen LogP contribution in [0.4, 0.5) is 0 Å². The van der Waals surface area contributed by atoms with Gasteiger partial charge in [-0.1, -0.05) is 29.9 Å². The topological polar surface area (TPSA) is 49.6 Å². The van der Waals surface area contributed by atoms with Gasteiger partial charge in [0.25, 0.3) is 5.91 Å². The lowest BCUT2D eigenvalue weighted by Gasteiger charge is -2.34. The molecule has 0 radical (unpaired) electrons. The average Bonchev–Trinajstić information content (AvgIpc) is 2.38. The van der Waals surface area contributed by atoms with Crippen molar-refractivity contribution in [1.29, 1.82) is 0 Å². The highest BCUT2D eigenvalue weighted by atomic mass is 35.5. The molecule has 2 rings (SSSR count). The molecule has 6 heteroatoms. The number of rotatable bonds is 3. The van der Waals surface area contributed by atoms with E-state index in [4.69, 9.17) is 29.6 Å². The van der Waals surface area contributed by atoms with E-state index in [2.05, 4.69) is 4.90 Å². The summed E-state index contributed by atoms with van der Waals surface area (Å²) in [7, 11) is 0. The number of nitrogens with two attached hydrogens (primary N) is 1. The van der Waals surface area contributed by atoms with Gasteiger partial charge in [-0.2, -0.15) is 0 Å². The molecule has 2 N–H and O–H groups in total. The lowest BCUT2D eigenvalue weighted by Crippen LogP contribution is -2.50. The van der Waals surface area contributed by atoms with Gasteiger partial charge in [0.05, 0.1) is 4.99 Å². The first-order chi connectivity index (χ1) is 9.06. The number of carbonyl (C=O) groups is 1. The number of hydrogen-bond acceptors (Lipinski definition) is 3. The molecule has 0 spiro atoms. The molecule has 1 aromatic carbocycles. The highest BCUT2D eigenvalue weighted by Crippen LogP contribution is 2.14. The first kappa shape index (κ1) is 14.2. The second-order valence-electron chi connectivity index (χ2n) is 4.55. The Bertz CT molecular complexity index is 487. The second kappa shape index (κ2) is 6.32. The minimum Gasteiger partial charge on any atom is -0.392 e. The van der Waals surface area contributed by atoms with Crippen molar-refractivity contribution in [1.82, 2.24) is 9.80 Å². The molecule has 0 aromatic heterocycles. The van der Waals surface area contributed by atoms with Crippen LogP contribution in [0.5, 0.6) is 0 Å². The van der Waals surface area contributed by atoms with E-state index < -0.39 is 0 Å². The van der Waals surface area contributed by atoms with Crippen LogP contribution >= 0.6 is 23.8 Å². The van der Waals surface area contributed by atoms with Gasteiger partial charge in [0.2, 0.25) is 0 Å². The van der Waals surface area contributed by atoms with Gasteiger partial charge in [-0.05, 0) is 18.2 Å². The Kier molecular flexibility index (Phi) is 4.74. The molecule has 1 aliphatic rings.